The summed E-state index contributed by atoms with van der Waals surface area (Å²) < 4.78 is 3.14. The average molecular weight is 400 g/mol. The van der Waals surface area contributed by atoms with Gasteiger partial charge in [0.1, 0.15) is 11.6 Å². The summed E-state index contributed by atoms with van der Waals surface area (Å²) in [6, 6.07) is 12.1. The topological polar surface area (TPSA) is 49.0 Å². The second-order valence-electron chi connectivity index (χ2n) is 5.79. The van der Waals surface area contributed by atoms with Crippen LogP contribution < -0.4 is 0 Å². The zero-order valence-corrected chi connectivity index (χ0v) is 16.6. The fraction of sp³-hybridized carbons (Fsp3) is 0.300. The molecule has 4 nitrogen and oxygen atoms in total. The molecule has 0 bridgehead atoms. The van der Waals surface area contributed by atoms with E-state index < -0.39 is 0 Å². The van der Waals surface area contributed by atoms with E-state index >= 15 is 0 Å². The van der Waals surface area contributed by atoms with Gasteiger partial charge in [0.25, 0.3) is 5.91 Å². The molecule has 2 rings (SSSR count). The van der Waals surface area contributed by atoms with Gasteiger partial charge in [-0.05, 0) is 69.7 Å². The van der Waals surface area contributed by atoms with Crippen LogP contribution in [-0.2, 0) is 4.79 Å². The standard InChI is InChI=1S/C20H22BrN3O/c1-5-23(6-2)20(25)17(13-22)12-16-11-14(3)24(15(16)4)19-9-7-18(21)8-10-19/h7-12H,5-6H2,1-4H3/b17-12-. The maximum Gasteiger partial charge on any atom is 0.264 e. The fourth-order valence-electron chi connectivity index (χ4n) is 2.90. The third kappa shape index (κ3) is 4.02. The summed E-state index contributed by atoms with van der Waals surface area (Å²) >= 11 is 3.45. The Balaban J connectivity index is 2.47. The lowest BCUT2D eigenvalue weighted by Crippen LogP contribution is -2.31. The van der Waals surface area contributed by atoms with Gasteiger partial charge >= 0.3 is 0 Å². The number of nitrogens with zero attached hydrogens (tertiary/aromatic N) is 3. The van der Waals surface area contributed by atoms with Crippen molar-refractivity contribution >= 4 is 27.9 Å². The number of likely N-dealkylation sites (N-methyl/N-ethyl adjacent to an activating group) is 1. The molecule has 1 heterocycles. The molecule has 0 N–H and O–H groups in total. The number of aromatic nitrogens is 1. The minimum Gasteiger partial charge on any atom is -0.339 e. The van der Waals surface area contributed by atoms with Gasteiger partial charge in [0.15, 0.2) is 0 Å². The number of nitriles is 1. The molecule has 2 aromatic rings. The minimum absolute atomic E-state index is 0.166. The van der Waals surface area contributed by atoms with Crippen LogP contribution in [0.5, 0.6) is 0 Å². The number of aryl methyl sites for hydroxylation is 1. The third-order valence-corrected chi connectivity index (χ3v) is 4.79. The molecule has 0 radical (unpaired) electrons. The highest BCUT2D eigenvalue weighted by atomic mass is 79.9. The lowest BCUT2D eigenvalue weighted by molar-refractivity contribution is -0.126. The van der Waals surface area contributed by atoms with E-state index in [-0.39, 0.29) is 11.5 Å². The van der Waals surface area contributed by atoms with Gasteiger partial charge in [-0.3, -0.25) is 4.79 Å². The van der Waals surface area contributed by atoms with Crippen molar-refractivity contribution in [2.45, 2.75) is 27.7 Å². The van der Waals surface area contributed by atoms with Crippen LogP contribution >= 0.6 is 15.9 Å². The fourth-order valence-corrected chi connectivity index (χ4v) is 3.16. The van der Waals surface area contributed by atoms with Crippen LogP contribution in [0.25, 0.3) is 11.8 Å². The van der Waals surface area contributed by atoms with Crippen molar-refractivity contribution < 1.29 is 4.79 Å². The van der Waals surface area contributed by atoms with E-state index in [0.29, 0.717) is 13.1 Å². The first-order chi connectivity index (χ1) is 11.9. The Hall–Kier alpha value is -2.32. The Bertz CT molecular complexity index is 837. The molecule has 0 fully saturated rings. The number of hydrogen-bond acceptors (Lipinski definition) is 2. The number of benzene rings is 1. The van der Waals surface area contributed by atoms with E-state index in [9.17, 15) is 10.1 Å². The summed E-state index contributed by atoms with van der Waals surface area (Å²) in [5.74, 6) is -0.221. The Kier molecular flexibility index (Phi) is 6.22. The van der Waals surface area contributed by atoms with Crippen LogP contribution in [0, 0.1) is 25.2 Å². The molecule has 1 aromatic carbocycles. The second-order valence-corrected chi connectivity index (χ2v) is 6.70. The number of hydrogen-bond donors (Lipinski definition) is 0. The molecule has 0 unspecified atom stereocenters. The quantitative estimate of drug-likeness (QED) is 0.543. The Morgan fingerprint density at radius 3 is 2.36 bits per heavy atom. The predicted molar refractivity (Wildman–Crippen MR) is 104 cm³/mol. The maximum atomic E-state index is 12.5. The van der Waals surface area contributed by atoms with Crippen LogP contribution in [0.3, 0.4) is 0 Å². The number of rotatable bonds is 5. The molecule has 25 heavy (non-hydrogen) atoms. The summed E-state index contributed by atoms with van der Waals surface area (Å²) in [6.45, 7) is 9.02. The third-order valence-electron chi connectivity index (χ3n) is 4.26. The normalized spacial score (nSPS) is 11.3. The highest BCUT2D eigenvalue weighted by Gasteiger charge is 2.17. The van der Waals surface area contributed by atoms with Gasteiger partial charge in [-0.25, -0.2) is 0 Å². The molecule has 0 aliphatic heterocycles. The molecule has 0 spiro atoms. The minimum atomic E-state index is -0.221. The predicted octanol–water partition coefficient (Wildman–Crippen LogP) is 4.63. The van der Waals surface area contributed by atoms with Crippen molar-refractivity contribution in [1.82, 2.24) is 9.47 Å². The van der Waals surface area contributed by atoms with Crippen molar-refractivity contribution in [2.24, 2.45) is 0 Å². The molecule has 1 aromatic heterocycles. The van der Waals surface area contributed by atoms with Gasteiger partial charge in [-0.15, -0.1) is 0 Å². The van der Waals surface area contributed by atoms with E-state index in [1.807, 2.05) is 58.0 Å². The molecule has 5 heteroatoms. The average Bonchev–Trinajstić information content (AvgIpc) is 2.88. The summed E-state index contributed by atoms with van der Waals surface area (Å²) in [4.78, 5) is 14.1. The van der Waals surface area contributed by atoms with Gasteiger partial charge in [0.2, 0.25) is 0 Å². The molecular formula is C20H22BrN3O. The second kappa shape index (κ2) is 8.17. The summed E-state index contributed by atoms with van der Waals surface area (Å²) in [7, 11) is 0. The molecule has 0 saturated carbocycles. The van der Waals surface area contributed by atoms with Gasteiger partial charge < -0.3 is 9.47 Å². The van der Waals surface area contributed by atoms with E-state index in [1.54, 1.807) is 11.0 Å². The van der Waals surface area contributed by atoms with Crippen molar-refractivity contribution in [1.29, 1.82) is 5.26 Å². The van der Waals surface area contributed by atoms with E-state index in [1.165, 1.54) is 0 Å². The molecule has 130 valence electrons. The first-order valence-electron chi connectivity index (χ1n) is 8.28. The summed E-state index contributed by atoms with van der Waals surface area (Å²) in [5, 5.41) is 9.43. The van der Waals surface area contributed by atoms with Gasteiger partial charge in [-0.1, -0.05) is 15.9 Å². The van der Waals surface area contributed by atoms with Gasteiger partial charge in [0.05, 0.1) is 0 Å². The zero-order chi connectivity index (χ0) is 18.6. The van der Waals surface area contributed by atoms with Crippen LogP contribution in [0.2, 0.25) is 0 Å². The molecule has 0 aliphatic carbocycles. The smallest absolute Gasteiger partial charge is 0.264 e. The lowest BCUT2D eigenvalue weighted by atomic mass is 10.1. The van der Waals surface area contributed by atoms with E-state index in [0.717, 1.165) is 27.1 Å². The highest BCUT2D eigenvalue weighted by molar-refractivity contribution is 9.10. The first-order valence-corrected chi connectivity index (χ1v) is 9.08. The molecular weight excluding hydrogens is 378 g/mol. The molecule has 0 atom stereocenters. The van der Waals surface area contributed by atoms with Crippen LogP contribution in [0.4, 0.5) is 0 Å². The zero-order valence-electron chi connectivity index (χ0n) is 15.0. The Morgan fingerprint density at radius 1 is 1.24 bits per heavy atom. The number of halogens is 1. The number of carbonyl (C=O) groups excluding carboxylic acids is 1. The number of amides is 1. The monoisotopic (exact) mass is 399 g/mol. The van der Waals surface area contributed by atoms with Crippen LogP contribution in [-0.4, -0.2) is 28.5 Å². The van der Waals surface area contributed by atoms with Gasteiger partial charge in [-0.2, -0.15) is 5.26 Å². The molecule has 0 aliphatic rings. The first kappa shape index (κ1) is 19.0. The van der Waals surface area contributed by atoms with Gasteiger partial charge in [0, 0.05) is 34.6 Å². The highest BCUT2D eigenvalue weighted by Crippen LogP contribution is 2.24. The molecule has 0 saturated heterocycles. The van der Waals surface area contributed by atoms with E-state index in [4.69, 9.17) is 0 Å². The van der Waals surface area contributed by atoms with Crippen molar-refractivity contribution in [3.63, 3.8) is 0 Å². The Morgan fingerprint density at radius 2 is 1.84 bits per heavy atom. The van der Waals surface area contributed by atoms with E-state index in [2.05, 4.69) is 26.6 Å². The Labute approximate surface area is 157 Å². The summed E-state index contributed by atoms with van der Waals surface area (Å²) in [5.41, 5.74) is 4.15. The van der Waals surface area contributed by atoms with Crippen LogP contribution in [0.1, 0.15) is 30.8 Å². The van der Waals surface area contributed by atoms with Crippen molar-refractivity contribution in [3.05, 3.63) is 57.3 Å². The largest absolute Gasteiger partial charge is 0.339 e. The SMILES string of the molecule is CCN(CC)C(=O)/C(C#N)=C\c1cc(C)n(-c2ccc(Br)cc2)c1C. The summed E-state index contributed by atoms with van der Waals surface area (Å²) in [6.07, 6.45) is 1.69. The lowest BCUT2D eigenvalue weighted by Gasteiger charge is -2.17. The maximum absolute atomic E-state index is 12.5. The van der Waals surface area contributed by atoms with Crippen LogP contribution in [0.15, 0.2) is 40.4 Å². The van der Waals surface area contributed by atoms with Crippen molar-refractivity contribution in [3.8, 4) is 11.8 Å². The van der Waals surface area contributed by atoms with Crippen molar-refractivity contribution in [2.75, 3.05) is 13.1 Å². The molecule has 1 amide bonds. The number of carbonyl (C=O) groups is 1.